The summed E-state index contributed by atoms with van der Waals surface area (Å²) in [6.45, 7) is 4.05. The maximum absolute atomic E-state index is 12.5. The predicted octanol–water partition coefficient (Wildman–Crippen LogP) is 4.05. The van der Waals surface area contributed by atoms with E-state index in [0.29, 0.717) is 40.2 Å². The van der Waals surface area contributed by atoms with Crippen molar-refractivity contribution in [1.82, 2.24) is 19.7 Å². The minimum absolute atomic E-state index is 0.164. The molecule has 3 heterocycles. The maximum Gasteiger partial charge on any atom is 0.255 e. The van der Waals surface area contributed by atoms with Crippen LogP contribution in [0.5, 0.6) is 23.1 Å². The standard InChI is InChI=1S/C23H19N5O4/c1-14-9-15(2)28(27-14)21-11-22(25-12-24-21)32-18-6-4-17(5-7-18)26-23(29)16-3-8-19-20(10-16)31-13-30-19/h3-12H,13H2,1-2H3,(H,26,29). The number of rotatable bonds is 5. The van der Waals surface area contributed by atoms with Crippen LogP contribution in [0.1, 0.15) is 21.7 Å². The Kier molecular flexibility index (Phi) is 4.91. The quantitative estimate of drug-likeness (QED) is 0.511. The van der Waals surface area contributed by atoms with Gasteiger partial charge in [0.2, 0.25) is 12.7 Å². The Morgan fingerprint density at radius 2 is 1.81 bits per heavy atom. The number of hydrogen-bond donors (Lipinski definition) is 1. The summed E-state index contributed by atoms with van der Waals surface area (Å²) in [6, 6.07) is 15.8. The average molecular weight is 429 g/mol. The number of amides is 1. The van der Waals surface area contributed by atoms with Gasteiger partial charge in [0.15, 0.2) is 17.3 Å². The molecule has 0 bridgehead atoms. The average Bonchev–Trinajstić information content (AvgIpc) is 3.40. The summed E-state index contributed by atoms with van der Waals surface area (Å²) in [7, 11) is 0. The molecule has 9 heteroatoms. The Hall–Kier alpha value is -4.40. The van der Waals surface area contributed by atoms with Crippen LogP contribution in [0.25, 0.3) is 5.82 Å². The molecule has 5 rings (SSSR count). The number of nitrogens with zero attached hydrogens (tertiary/aromatic N) is 4. The molecule has 2 aromatic carbocycles. The Morgan fingerprint density at radius 3 is 2.59 bits per heavy atom. The first-order chi connectivity index (χ1) is 15.5. The van der Waals surface area contributed by atoms with Gasteiger partial charge < -0.3 is 19.5 Å². The molecule has 9 nitrogen and oxygen atoms in total. The van der Waals surface area contributed by atoms with Crippen molar-refractivity contribution in [2.45, 2.75) is 13.8 Å². The van der Waals surface area contributed by atoms with Gasteiger partial charge in [0.25, 0.3) is 5.91 Å². The molecule has 0 spiro atoms. The molecule has 0 unspecified atom stereocenters. The SMILES string of the molecule is Cc1cc(C)n(-c2cc(Oc3ccc(NC(=O)c4ccc5c(c4)OCO5)cc3)ncn2)n1. The summed E-state index contributed by atoms with van der Waals surface area (Å²) in [5.41, 5.74) is 2.98. The second-order valence-corrected chi connectivity index (χ2v) is 7.20. The molecule has 1 aliphatic rings. The summed E-state index contributed by atoms with van der Waals surface area (Å²) in [4.78, 5) is 21.0. The summed E-state index contributed by atoms with van der Waals surface area (Å²) in [5, 5.41) is 7.28. The lowest BCUT2D eigenvalue weighted by atomic mass is 10.2. The lowest BCUT2D eigenvalue weighted by molar-refractivity contribution is 0.102. The van der Waals surface area contributed by atoms with E-state index in [1.165, 1.54) is 6.33 Å². The van der Waals surface area contributed by atoms with Crippen molar-refractivity contribution in [3.8, 4) is 28.9 Å². The van der Waals surface area contributed by atoms with Crippen molar-refractivity contribution < 1.29 is 19.0 Å². The Morgan fingerprint density at radius 1 is 1.00 bits per heavy atom. The summed E-state index contributed by atoms with van der Waals surface area (Å²) in [6.07, 6.45) is 1.43. The lowest BCUT2D eigenvalue weighted by Gasteiger charge is -2.09. The number of aromatic nitrogens is 4. The van der Waals surface area contributed by atoms with Gasteiger partial charge in [-0.2, -0.15) is 5.10 Å². The first kappa shape index (κ1) is 19.6. The summed E-state index contributed by atoms with van der Waals surface area (Å²) in [5.74, 6) is 2.53. The molecule has 0 radical (unpaired) electrons. The molecule has 1 aliphatic heterocycles. The van der Waals surface area contributed by atoms with Gasteiger partial charge in [-0.25, -0.2) is 14.6 Å². The molecule has 0 saturated carbocycles. The first-order valence-electron chi connectivity index (χ1n) is 9.90. The Labute approximate surface area is 183 Å². The normalized spacial score (nSPS) is 11.9. The molecular formula is C23H19N5O4. The van der Waals surface area contributed by atoms with Crippen LogP contribution in [-0.2, 0) is 0 Å². The first-order valence-corrected chi connectivity index (χ1v) is 9.90. The van der Waals surface area contributed by atoms with E-state index >= 15 is 0 Å². The van der Waals surface area contributed by atoms with E-state index in [0.717, 1.165) is 11.4 Å². The fourth-order valence-corrected chi connectivity index (χ4v) is 3.33. The van der Waals surface area contributed by atoms with Gasteiger partial charge >= 0.3 is 0 Å². The number of hydrogen-bond acceptors (Lipinski definition) is 7. The van der Waals surface area contributed by atoms with Crippen LogP contribution in [0.3, 0.4) is 0 Å². The van der Waals surface area contributed by atoms with E-state index < -0.39 is 0 Å². The minimum atomic E-state index is -0.248. The third-order valence-electron chi connectivity index (χ3n) is 4.82. The zero-order valence-electron chi connectivity index (χ0n) is 17.4. The van der Waals surface area contributed by atoms with Crippen LogP contribution in [-0.4, -0.2) is 32.4 Å². The van der Waals surface area contributed by atoms with Gasteiger partial charge in [-0.3, -0.25) is 4.79 Å². The summed E-state index contributed by atoms with van der Waals surface area (Å²) >= 11 is 0. The van der Waals surface area contributed by atoms with E-state index in [1.807, 2.05) is 19.9 Å². The third-order valence-corrected chi connectivity index (χ3v) is 4.82. The Bertz CT molecular complexity index is 1300. The molecule has 2 aromatic heterocycles. The van der Waals surface area contributed by atoms with Crippen LogP contribution >= 0.6 is 0 Å². The van der Waals surface area contributed by atoms with Crippen molar-refractivity contribution in [2.75, 3.05) is 12.1 Å². The lowest BCUT2D eigenvalue weighted by Crippen LogP contribution is -2.11. The van der Waals surface area contributed by atoms with Crippen molar-refractivity contribution in [2.24, 2.45) is 0 Å². The van der Waals surface area contributed by atoms with Crippen molar-refractivity contribution in [3.05, 3.63) is 77.9 Å². The highest BCUT2D eigenvalue weighted by Crippen LogP contribution is 2.32. The van der Waals surface area contributed by atoms with Crippen LogP contribution in [0.4, 0.5) is 5.69 Å². The molecule has 1 N–H and O–H groups in total. The number of carbonyl (C=O) groups excluding carboxylic acids is 1. The molecular weight excluding hydrogens is 410 g/mol. The van der Waals surface area contributed by atoms with Gasteiger partial charge in [0.1, 0.15) is 12.1 Å². The van der Waals surface area contributed by atoms with Crippen molar-refractivity contribution >= 4 is 11.6 Å². The topological polar surface area (TPSA) is 100 Å². The maximum atomic E-state index is 12.5. The highest BCUT2D eigenvalue weighted by atomic mass is 16.7. The number of aryl methyl sites for hydroxylation is 2. The second kappa shape index (κ2) is 8.03. The van der Waals surface area contributed by atoms with E-state index in [9.17, 15) is 4.79 Å². The minimum Gasteiger partial charge on any atom is -0.454 e. The van der Waals surface area contributed by atoms with Gasteiger partial charge in [-0.1, -0.05) is 0 Å². The predicted molar refractivity (Wildman–Crippen MR) is 116 cm³/mol. The monoisotopic (exact) mass is 429 g/mol. The van der Waals surface area contributed by atoms with E-state index in [4.69, 9.17) is 14.2 Å². The largest absolute Gasteiger partial charge is 0.454 e. The van der Waals surface area contributed by atoms with Crippen LogP contribution in [0, 0.1) is 13.8 Å². The van der Waals surface area contributed by atoms with E-state index in [2.05, 4.69) is 20.4 Å². The zero-order chi connectivity index (χ0) is 22.1. The molecule has 0 aliphatic carbocycles. The van der Waals surface area contributed by atoms with Crippen molar-refractivity contribution in [3.63, 3.8) is 0 Å². The van der Waals surface area contributed by atoms with Gasteiger partial charge in [-0.05, 0) is 62.4 Å². The van der Waals surface area contributed by atoms with E-state index in [-0.39, 0.29) is 12.7 Å². The number of nitrogens with one attached hydrogen (secondary N) is 1. The number of fused-ring (bicyclic) bond motifs is 1. The molecule has 160 valence electrons. The second-order valence-electron chi connectivity index (χ2n) is 7.20. The molecule has 32 heavy (non-hydrogen) atoms. The van der Waals surface area contributed by atoms with Crippen molar-refractivity contribution in [1.29, 1.82) is 0 Å². The molecule has 0 atom stereocenters. The Balaban J connectivity index is 1.27. The van der Waals surface area contributed by atoms with Crippen LogP contribution in [0.2, 0.25) is 0 Å². The molecule has 1 amide bonds. The van der Waals surface area contributed by atoms with Crippen LogP contribution < -0.4 is 19.5 Å². The highest BCUT2D eigenvalue weighted by Gasteiger charge is 2.16. The van der Waals surface area contributed by atoms with Gasteiger partial charge in [0.05, 0.1) is 5.69 Å². The summed E-state index contributed by atoms with van der Waals surface area (Å²) < 4.78 is 18.2. The zero-order valence-corrected chi connectivity index (χ0v) is 17.4. The molecule has 4 aromatic rings. The number of anilines is 1. The van der Waals surface area contributed by atoms with Gasteiger partial charge in [-0.15, -0.1) is 0 Å². The molecule has 0 saturated heterocycles. The number of benzene rings is 2. The number of ether oxygens (including phenoxy) is 3. The van der Waals surface area contributed by atoms with Gasteiger partial charge in [0, 0.05) is 23.0 Å². The third kappa shape index (κ3) is 3.95. The number of carbonyl (C=O) groups is 1. The van der Waals surface area contributed by atoms with E-state index in [1.54, 1.807) is 53.2 Å². The fraction of sp³-hybridized carbons (Fsp3) is 0.130. The molecule has 0 fully saturated rings. The highest BCUT2D eigenvalue weighted by molar-refractivity contribution is 6.04. The smallest absolute Gasteiger partial charge is 0.255 e. The van der Waals surface area contributed by atoms with Crippen LogP contribution in [0.15, 0.2) is 60.9 Å². The fourth-order valence-electron chi connectivity index (χ4n) is 3.33.